The van der Waals surface area contributed by atoms with Crippen LogP contribution in [0.3, 0.4) is 0 Å². The van der Waals surface area contributed by atoms with E-state index in [0.717, 1.165) is 17.7 Å². The molecule has 9 nitrogen and oxygen atoms in total. The topological polar surface area (TPSA) is 94.2 Å². The lowest BCUT2D eigenvalue weighted by molar-refractivity contribution is -0.869. The average Bonchev–Trinajstić information content (AvgIpc) is 2.94. The number of likely N-dealkylation sites (N-methyl/N-ethyl adjacent to an activating group) is 1. The number of methoxy groups -OCH3 is 1. The van der Waals surface area contributed by atoms with E-state index in [1.165, 1.54) is 97.0 Å². The second-order valence-corrected chi connectivity index (χ2v) is 12.6. The fourth-order valence-electron chi connectivity index (χ4n) is 4.58. The van der Waals surface area contributed by atoms with Gasteiger partial charge in [-0.3, -0.25) is 4.79 Å². The van der Waals surface area contributed by atoms with Gasteiger partial charge in [0.15, 0.2) is 0 Å². The number of rotatable bonds is 27. The third-order valence-electron chi connectivity index (χ3n) is 7.41. The van der Waals surface area contributed by atoms with Crippen molar-refractivity contribution in [2.45, 2.75) is 136 Å². The van der Waals surface area contributed by atoms with Crippen molar-refractivity contribution < 1.29 is 57.1 Å². The molecule has 0 aliphatic rings. The summed E-state index contributed by atoms with van der Waals surface area (Å²) in [4.78, 5) is 38.3. The fraction of sp³-hybridized carbons (Fsp3) is 0.909. The first-order valence-electron chi connectivity index (χ1n) is 16.9. The summed E-state index contributed by atoms with van der Waals surface area (Å²) in [5, 5.41) is 2.78. The van der Waals surface area contributed by atoms with Gasteiger partial charge >= 0.3 is 12.2 Å². The number of alkyl carbamates (subject to hydrolysis) is 1. The van der Waals surface area contributed by atoms with Crippen molar-refractivity contribution in [3.8, 4) is 0 Å². The zero-order chi connectivity index (χ0) is 31.5. The van der Waals surface area contributed by atoms with Crippen LogP contribution in [-0.2, 0) is 19.0 Å². The third-order valence-corrected chi connectivity index (χ3v) is 7.41. The maximum Gasteiger partial charge on any atom is 0.416 e. The van der Waals surface area contributed by atoms with Crippen molar-refractivity contribution in [3.05, 3.63) is 0 Å². The van der Waals surface area contributed by atoms with Gasteiger partial charge in [0.25, 0.3) is 0 Å². The highest BCUT2D eigenvalue weighted by Crippen LogP contribution is 2.13. The number of hydrogen-bond acceptors (Lipinski definition) is 6. The van der Waals surface area contributed by atoms with Crippen LogP contribution in [0.1, 0.15) is 129 Å². The van der Waals surface area contributed by atoms with Gasteiger partial charge in [-0.25, -0.2) is 14.5 Å². The van der Waals surface area contributed by atoms with E-state index in [-0.39, 0.29) is 56.1 Å². The molecule has 256 valence electrons. The largest absolute Gasteiger partial charge is 1.00 e. The van der Waals surface area contributed by atoms with Crippen molar-refractivity contribution in [2.24, 2.45) is 0 Å². The molecule has 10 heteroatoms. The Labute approximate surface area is 281 Å². The Kier molecular flexibility index (Phi) is 30.2. The predicted octanol–water partition coefficient (Wildman–Crippen LogP) is 4.46. The van der Waals surface area contributed by atoms with Crippen molar-refractivity contribution >= 4 is 18.1 Å². The number of ether oxygens (including phenoxy) is 3. The van der Waals surface area contributed by atoms with Crippen LogP contribution in [-0.4, -0.2) is 94.7 Å². The molecule has 43 heavy (non-hydrogen) atoms. The van der Waals surface area contributed by atoms with E-state index in [2.05, 4.69) is 12.2 Å². The van der Waals surface area contributed by atoms with E-state index < -0.39 is 18.3 Å². The number of amides is 3. The summed E-state index contributed by atoms with van der Waals surface area (Å²) in [6, 6.07) is 0. The summed E-state index contributed by atoms with van der Waals surface area (Å²) in [5.41, 5.74) is 0. The van der Waals surface area contributed by atoms with Gasteiger partial charge in [0.05, 0.1) is 34.2 Å². The number of quaternary nitrogens is 1. The Balaban J connectivity index is 0. The Morgan fingerprint density at radius 2 is 1.16 bits per heavy atom. The predicted molar refractivity (Wildman–Crippen MR) is 171 cm³/mol. The zero-order valence-electron chi connectivity index (χ0n) is 28.6. The van der Waals surface area contributed by atoms with Crippen molar-refractivity contribution in [1.82, 2.24) is 10.2 Å². The maximum absolute atomic E-state index is 12.6. The van der Waals surface area contributed by atoms with Crippen LogP contribution in [0, 0.1) is 0 Å². The molecule has 0 aliphatic heterocycles. The number of nitrogens with one attached hydrogen (secondary N) is 1. The molecule has 0 spiro atoms. The second kappa shape index (κ2) is 29.6. The lowest BCUT2D eigenvalue weighted by Gasteiger charge is -2.28. The highest BCUT2D eigenvalue weighted by molar-refractivity contribution is 5.91. The molecule has 0 aromatic carbocycles. The normalized spacial score (nSPS) is 11.9. The Hall–Kier alpha value is -1.14. The minimum absolute atomic E-state index is 0. The highest BCUT2D eigenvalue weighted by Gasteiger charge is 2.25. The number of imide groups is 1. The average molecular weight is 728 g/mol. The van der Waals surface area contributed by atoms with Crippen molar-refractivity contribution in [1.29, 1.82) is 0 Å². The van der Waals surface area contributed by atoms with Gasteiger partial charge in [-0.05, 0) is 12.8 Å². The highest BCUT2D eigenvalue weighted by atomic mass is 127. The smallest absolute Gasteiger partial charge is 0.416 e. The van der Waals surface area contributed by atoms with Gasteiger partial charge < -0.3 is 48.0 Å². The zero-order valence-corrected chi connectivity index (χ0v) is 30.7. The molecule has 0 aliphatic carbocycles. The van der Waals surface area contributed by atoms with Crippen LogP contribution in [0.5, 0.6) is 0 Å². The monoisotopic (exact) mass is 727 g/mol. The molecule has 0 saturated heterocycles. The van der Waals surface area contributed by atoms with Crippen LogP contribution < -0.4 is 29.3 Å². The first kappa shape index (κ1) is 44.0. The maximum atomic E-state index is 12.6. The van der Waals surface area contributed by atoms with Crippen molar-refractivity contribution in [2.75, 3.05) is 61.1 Å². The minimum Gasteiger partial charge on any atom is -1.00 e. The molecule has 0 rings (SSSR count). The lowest BCUT2D eigenvalue weighted by atomic mass is 10.0. The van der Waals surface area contributed by atoms with Gasteiger partial charge in [-0.15, -0.1) is 0 Å². The molecule has 0 bridgehead atoms. The van der Waals surface area contributed by atoms with E-state index in [1.54, 1.807) is 0 Å². The number of carbonyl (C=O) groups is 3. The van der Waals surface area contributed by atoms with Gasteiger partial charge in [0, 0.05) is 20.1 Å². The number of nitrogens with zero attached hydrogens (tertiary/aromatic N) is 2. The summed E-state index contributed by atoms with van der Waals surface area (Å²) in [6.07, 6.45) is 20.1. The van der Waals surface area contributed by atoms with Crippen LogP contribution >= 0.6 is 0 Å². The molecule has 1 N–H and O–H groups in total. The number of halogens is 1. The first-order valence-corrected chi connectivity index (χ1v) is 16.9. The van der Waals surface area contributed by atoms with E-state index in [4.69, 9.17) is 14.2 Å². The van der Waals surface area contributed by atoms with Gasteiger partial charge in [0.1, 0.15) is 19.3 Å². The lowest BCUT2D eigenvalue weighted by Crippen LogP contribution is -3.00. The van der Waals surface area contributed by atoms with Crippen LogP contribution in [0.4, 0.5) is 9.59 Å². The molecular formula is C33H66IN3O6. The molecule has 0 heterocycles. The molecule has 0 aromatic heterocycles. The molecule has 0 radical (unpaired) electrons. The van der Waals surface area contributed by atoms with Crippen molar-refractivity contribution in [3.63, 3.8) is 0 Å². The van der Waals surface area contributed by atoms with Gasteiger partial charge in [0.2, 0.25) is 5.91 Å². The molecule has 0 aromatic rings. The third kappa shape index (κ3) is 28.1. The molecular weight excluding hydrogens is 661 g/mol. The van der Waals surface area contributed by atoms with Crippen LogP contribution in [0.2, 0.25) is 0 Å². The summed E-state index contributed by atoms with van der Waals surface area (Å²) in [5.74, 6) is -0.255. The molecule has 1 unspecified atom stereocenters. The van der Waals surface area contributed by atoms with Crippen LogP contribution in [0.25, 0.3) is 0 Å². The second-order valence-electron chi connectivity index (χ2n) is 12.6. The minimum atomic E-state index is -0.697. The summed E-state index contributed by atoms with van der Waals surface area (Å²) in [6.45, 7) is 5.47. The summed E-state index contributed by atoms with van der Waals surface area (Å²) < 4.78 is 16.5. The van der Waals surface area contributed by atoms with Crippen LogP contribution in [0.15, 0.2) is 0 Å². The molecule has 0 saturated carbocycles. The van der Waals surface area contributed by atoms with Gasteiger partial charge in [-0.2, -0.15) is 0 Å². The quantitative estimate of drug-likeness (QED) is 0.0764. The summed E-state index contributed by atoms with van der Waals surface area (Å²) in [7, 11) is 7.46. The molecule has 1 atom stereocenters. The standard InChI is InChI=1S/C33H65N3O6.HI/c1-7-9-10-11-12-13-14-15-16-17-18-19-20-21-22-23-25-34-32(38)41-28-30(40-6)29-42-33(39)35(31(37)24-8-2)26-27-36(3,4)5;/h30H,7-29H2,1-6H3;1H. The number of hydrogen-bond donors (Lipinski definition) is 1. The SMILES string of the molecule is CCCCCCCCCCCCCCCCCCNC(=O)OCC(COC(=O)N(CC[N+](C)(C)C)C(=O)CCC)OC.[I-]. The summed E-state index contributed by atoms with van der Waals surface area (Å²) >= 11 is 0. The van der Waals surface area contributed by atoms with E-state index in [1.807, 2.05) is 28.1 Å². The van der Waals surface area contributed by atoms with Gasteiger partial charge in [-0.1, -0.05) is 110 Å². The fourth-order valence-corrected chi connectivity index (χ4v) is 4.58. The molecule has 3 amide bonds. The van der Waals surface area contributed by atoms with E-state index >= 15 is 0 Å². The van der Waals surface area contributed by atoms with E-state index in [9.17, 15) is 14.4 Å². The number of unbranched alkanes of at least 4 members (excludes halogenated alkanes) is 15. The first-order chi connectivity index (χ1) is 20.1. The Bertz CT molecular complexity index is 690. The van der Waals surface area contributed by atoms with E-state index in [0.29, 0.717) is 24.0 Å². The Morgan fingerprint density at radius 1 is 0.698 bits per heavy atom. The number of carbonyl (C=O) groups excluding carboxylic acids is 3. The Morgan fingerprint density at radius 3 is 1.60 bits per heavy atom. The molecule has 0 fully saturated rings.